The van der Waals surface area contributed by atoms with E-state index in [1.807, 2.05) is 27.7 Å². The maximum absolute atomic E-state index is 11.6. The van der Waals surface area contributed by atoms with Gasteiger partial charge in [-0.1, -0.05) is 0 Å². The second-order valence-corrected chi connectivity index (χ2v) is 7.11. The number of hydrogen-bond donors (Lipinski definition) is 1. The van der Waals surface area contributed by atoms with E-state index in [2.05, 4.69) is 0 Å². The average molecular weight is 328 g/mol. The highest BCUT2D eigenvalue weighted by Gasteiger charge is 2.50. The molecular formula is C12H22ClNO7. The normalized spacial score (nSPS) is 21.5. The van der Waals surface area contributed by atoms with E-state index in [-0.39, 0.29) is 29.3 Å². The minimum atomic E-state index is -4.94. The first-order chi connectivity index (χ1) is 9.15. The average Bonchev–Trinajstić information content (AvgIpc) is 2.08. The van der Waals surface area contributed by atoms with Gasteiger partial charge in [0.2, 0.25) is 0 Å². The Labute approximate surface area is 126 Å². The van der Waals surface area contributed by atoms with Crippen LogP contribution >= 0.6 is 0 Å². The smallest absolute Gasteiger partial charge is 0.164 e. The number of carbonyl (C=O) groups excluding carboxylic acids is 2. The van der Waals surface area contributed by atoms with Gasteiger partial charge >= 0.3 is 0 Å². The number of halogens is 1. The summed E-state index contributed by atoms with van der Waals surface area (Å²) in [4.78, 5) is 28.2. The number of quaternary nitrogens is 1. The van der Waals surface area contributed by atoms with Crippen LogP contribution in [0.1, 0.15) is 47.5 Å². The summed E-state index contributed by atoms with van der Waals surface area (Å²) in [6.07, 6.45) is 1.01. The van der Waals surface area contributed by atoms with E-state index in [0.717, 1.165) is 5.06 Å². The summed E-state index contributed by atoms with van der Waals surface area (Å²) >= 11 is 0. The molecule has 0 saturated carbocycles. The molecule has 1 N–H and O–H groups in total. The van der Waals surface area contributed by atoms with Crippen LogP contribution in [0.2, 0.25) is 0 Å². The summed E-state index contributed by atoms with van der Waals surface area (Å²) in [5.74, 6) is 0.279. The SMILES string of the molecule is CC(=O)CO[NH+]1C(C)(C)CC(=O)CC1(C)C.[O-][Cl+3]([O-])([O-])[O-]. The number of ketones is 2. The highest BCUT2D eigenvalue weighted by molar-refractivity contribution is 5.80. The fourth-order valence-corrected chi connectivity index (χ4v) is 2.69. The lowest BCUT2D eigenvalue weighted by Crippen LogP contribution is -3.26. The number of carbonyl (C=O) groups is 2. The molecule has 0 bridgehead atoms. The molecule has 1 fully saturated rings. The molecule has 0 unspecified atom stereocenters. The molecule has 0 aromatic heterocycles. The Bertz CT molecular complexity index is 364. The topological polar surface area (TPSA) is 140 Å². The van der Waals surface area contributed by atoms with E-state index in [4.69, 9.17) is 23.5 Å². The van der Waals surface area contributed by atoms with Crippen LogP contribution in [0, 0.1) is 10.2 Å². The van der Waals surface area contributed by atoms with Crippen LogP contribution in [0.5, 0.6) is 0 Å². The van der Waals surface area contributed by atoms with Crippen LogP contribution in [-0.2, 0) is 14.4 Å². The van der Waals surface area contributed by atoms with E-state index in [9.17, 15) is 9.59 Å². The van der Waals surface area contributed by atoms with Crippen molar-refractivity contribution in [1.29, 1.82) is 0 Å². The Morgan fingerprint density at radius 1 is 1.14 bits per heavy atom. The van der Waals surface area contributed by atoms with Gasteiger partial charge in [0, 0.05) is 0 Å². The Morgan fingerprint density at radius 3 is 1.76 bits per heavy atom. The van der Waals surface area contributed by atoms with Crippen molar-refractivity contribution in [2.45, 2.75) is 58.5 Å². The molecule has 1 aliphatic heterocycles. The quantitative estimate of drug-likeness (QED) is 0.551. The molecule has 0 amide bonds. The van der Waals surface area contributed by atoms with Crippen molar-refractivity contribution < 1.29 is 48.4 Å². The van der Waals surface area contributed by atoms with Crippen LogP contribution in [0.15, 0.2) is 0 Å². The number of Topliss-reactive ketones (excluding diaryl/α,β-unsaturated/α-hetero) is 2. The minimum Gasteiger partial charge on any atom is -0.299 e. The van der Waals surface area contributed by atoms with Gasteiger partial charge in [-0.15, -0.1) is 10.2 Å². The predicted octanol–water partition coefficient (Wildman–Crippen LogP) is -4.44. The monoisotopic (exact) mass is 327 g/mol. The lowest BCUT2D eigenvalue weighted by molar-refractivity contribution is -2.00. The van der Waals surface area contributed by atoms with E-state index in [1.54, 1.807) is 0 Å². The number of rotatable bonds is 3. The maximum Gasteiger partial charge on any atom is 0.164 e. The molecule has 0 radical (unpaired) electrons. The summed E-state index contributed by atoms with van der Waals surface area (Å²) in [5.41, 5.74) is -0.539. The fraction of sp³-hybridized carbons (Fsp3) is 0.833. The van der Waals surface area contributed by atoms with Crippen molar-refractivity contribution in [3.8, 4) is 0 Å². The van der Waals surface area contributed by atoms with Crippen LogP contribution in [-0.4, -0.2) is 29.3 Å². The molecule has 9 heteroatoms. The van der Waals surface area contributed by atoms with Gasteiger partial charge < -0.3 is 0 Å². The Hall–Kier alpha value is -0.610. The zero-order valence-electron chi connectivity index (χ0n) is 12.9. The molecule has 21 heavy (non-hydrogen) atoms. The minimum absolute atomic E-state index is 0.0102. The highest BCUT2D eigenvalue weighted by Crippen LogP contribution is 2.20. The molecule has 0 spiro atoms. The maximum atomic E-state index is 11.6. The van der Waals surface area contributed by atoms with Gasteiger partial charge in [-0.05, 0) is 34.6 Å². The van der Waals surface area contributed by atoms with E-state index < -0.39 is 10.2 Å². The zero-order valence-corrected chi connectivity index (χ0v) is 13.6. The molecule has 8 nitrogen and oxygen atoms in total. The lowest BCUT2D eigenvalue weighted by atomic mass is 9.81. The van der Waals surface area contributed by atoms with Gasteiger partial charge in [-0.2, -0.15) is 9.90 Å². The van der Waals surface area contributed by atoms with E-state index in [1.165, 1.54) is 6.92 Å². The Balaban J connectivity index is 0.000000690. The second kappa shape index (κ2) is 7.10. The lowest BCUT2D eigenvalue weighted by Gasteiger charge is -2.45. The van der Waals surface area contributed by atoms with Crippen LogP contribution < -0.4 is 23.7 Å². The van der Waals surface area contributed by atoms with Gasteiger partial charge in [-0.3, -0.25) is 9.59 Å². The second-order valence-electron chi connectivity index (χ2n) is 6.36. The molecule has 0 aromatic carbocycles. The molecule has 124 valence electrons. The molecule has 1 rings (SSSR count). The van der Waals surface area contributed by atoms with Crippen molar-refractivity contribution in [2.24, 2.45) is 0 Å². The first-order valence-corrected chi connectivity index (χ1v) is 7.52. The van der Waals surface area contributed by atoms with Gasteiger partial charge in [0.05, 0.1) is 12.8 Å². The summed E-state index contributed by atoms with van der Waals surface area (Å²) in [7, 11) is -4.94. The van der Waals surface area contributed by atoms with Crippen molar-refractivity contribution in [2.75, 3.05) is 6.61 Å². The van der Waals surface area contributed by atoms with Gasteiger partial charge in [0.25, 0.3) is 0 Å². The Kier molecular flexibility index (Phi) is 6.89. The third kappa shape index (κ3) is 8.42. The fourth-order valence-electron chi connectivity index (χ4n) is 2.69. The van der Waals surface area contributed by atoms with Crippen molar-refractivity contribution in [3.63, 3.8) is 0 Å². The third-order valence-corrected chi connectivity index (χ3v) is 2.93. The van der Waals surface area contributed by atoms with Crippen LogP contribution in [0.25, 0.3) is 0 Å². The van der Waals surface area contributed by atoms with E-state index in [0.29, 0.717) is 12.8 Å². The summed E-state index contributed by atoms with van der Waals surface area (Å²) in [5, 5.41) is 0.884. The standard InChI is InChI=1S/C12H21NO3.ClHO4/c1-9(14)8-16-13-11(2,3)6-10(15)7-12(13,4)5;2-1(3,4)5/h6-8H2,1-5H3;(H,2,3,4,5). The van der Waals surface area contributed by atoms with Crippen LogP contribution in [0.3, 0.4) is 0 Å². The summed E-state index contributed by atoms with van der Waals surface area (Å²) < 4.78 is 34.0. The molecule has 1 saturated heterocycles. The molecule has 0 aliphatic carbocycles. The number of piperidine rings is 1. The predicted molar refractivity (Wildman–Crippen MR) is 60.0 cm³/mol. The van der Waals surface area contributed by atoms with Crippen LogP contribution in [0.4, 0.5) is 0 Å². The van der Waals surface area contributed by atoms with E-state index >= 15 is 0 Å². The highest BCUT2D eigenvalue weighted by atomic mass is 35.7. The number of hydroxylamine groups is 2. The third-order valence-electron chi connectivity index (χ3n) is 2.93. The summed E-state index contributed by atoms with van der Waals surface area (Å²) in [6, 6.07) is 0. The molecule has 1 heterocycles. The number of nitrogens with one attached hydrogen (secondary N) is 1. The largest absolute Gasteiger partial charge is 0.299 e. The first kappa shape index (κ1) is 20.4. The molecule has 0 aromatic rings. The molecule has 0 atom stereocenters. The van der Waals surface area contributed by atoms with Gasteiger partial charge in [0.1, 0.15) is 16.9 Å². The first-order valence-electron chi connectivity index (χ1n) is 6.29. The van der Waals surface area contributed by atoms with Gasteiger partial charge in [-0.25, -0.2) is 18.6 Å². The molecular weight excluding hydrogens is 306 g/mol. The van der Waals surface area contributed by atoms with Crippen molar-refractivity contribution in [3.05, 3.63) is 0 Å². The van der Waals surface area contributed by atoms with Gasteiger partial charge in [0.15, 0.2) is 12.4 Å². The molecule has 1 aliphatic rings. The number of hydrogen-bond acceptors (Lipinski definition) is 7. The zero-order chi connectivity index (χ0) is 17.1. The summed E-state index contributed by atoms with van der Waals surface area (Å²) in [6.45, 7) is 9.62. The van der Waals surface area contributed by atoms with Crippen molar-refractivity contribution >= 4 is 11.6 Å². The Morgan fingerprint density at radius 2 is 1.48 bits per heavy atom. The van der Waals surface area contributed by atoms with Crippen molar-refractivity contribution in [1.82, 2.24) is 0 Å².